The zero-order valence-corrected chi connectivity index (χ0v) is 12.0. The number of benzene rings is 1. The molecule has 2 N–H and O–H groups in total. The summed E-state index contributed by atoms with van der Waals surface area (Å²) < 4.78 is 5.91. The van der Waals surface area contributed by atoms with Gasteiger partial charge in [-0.1, -0.05) is 25.1 Å². The van der Waals surface area contributed by atoms with Gasteiger partial charge in [0.05, 0.1) is 6.61 Å². The molecule has 0 spiro atoms. The first-order valence-electron chi connectivity index (χ1n) is 7.51. The van der Waals surface area contributed by atoms with E-state index in [9.17, 15) is 0 Å². The van der Waals surface area contributed by atoms with Crippen LogP contribution in [0.3, 0.4) is 0 Å². The number of para-hydroxylation sites is 1. The van der Waals surface area contributed by atoms with E-state index >= 15 is 0 Å². The minimum absolute atomic E-state index is 0.0785. The van der Waals surface area contributed by atoms with Crippen molar-refractivity contribution in [3.8, 4) is 5.75 Å². The molecule has 0 aromatic heterocycles. The molecule has 1 heterocycles. The van der Waals surface area contributed by atoms with Crippen LogP contribution in [0.15, 0.2) is 24.3 Å². The molecule has 0 unspecified atom stereocenters. The van der Waals surface area contributed by atoms with Crippen molar-refractivity contribution in [2.75, 3.05) is 26.2 Å². The largest absolute Gasteiger partial charge is 0.493 e. The van der Waals surface area contributed by atoms with E-state index in [1.807, 2.05) is 18.2 Å². The van der Waals surface area contributed by atoms with Gasteiger partial charge >= 0.3 is 0 Å². The minimum Gasteiger partial charge on any atom is -0.493 e. The molecule has 1 fully saturated rings. The van der Waals surface area contributed by atoms with Crippen LogP contribution in [-0.2, 0) is 0 Å². The summed E-state index contributed by atoms with van der Waals surface area (Å²) in [6, 6.07) is 8.23. The van der Waals surface area contributed by atoms with Crippen LogP contribution >= 0.6 is 0 Å². The van der Waals surface area contributed by atoms with Crippen LogP contribution in [0.5, 0.6) is 5.75 Å². The van der Waals surface area contributed by atoms with Crippen molar-refractivity contribution >= 4 is 0 Å². The molecule has 106 valence electrons. The minimum atomic E-state index is 0.0785. The van der Waals surface area contributed by atoms with E-state index in [-0.39, 0.29) is 6.04 Å². The smallest absolute Gasteiger partial charge is 0.124 e. The second kappa shape index (κ2) is 7.51. The van der Waals surface area contributed by atoms with Gasteiger partial charge in [0.15, 0.2) is 0 Å². The predicted molar refractivity (Wildman–Crippen MR) is 79.4 cm³/mol. The lowest BCUT2D eigenvalue weighted by Crippen LogP contribution is -2.22. The highest BCUT2D eigenvalue weighted by Crippen LogP contribution is 2.25. The normalized spacial score (nSPS) is 17.6. The molecule has 3 heteroatoms. The van der Waals surface area contributed by atoms with E-state index in [1.165, 1.54) is 25.9 Å². The highest BCUT2D eigenvalue weighted by molar-refractivity contribution is 5.35. The summed E-state index contributed by atoms with van der Waals surface area (Å²) in [6.45, 7) is 6.56. The third-order valence-electron chi connectivity index (χ3n) is 3.83. The molecular formula is C16H26N2O. The lowest BCUT2D eigenvalue weighted by molar-refractivity contribution is 0.261. The maximum absolute atomic E-state index is 6.11. The molecular weight excluding hydrogens is 236 g/mol. The first-order chi connectivity index (χ1) is 9.31. The van der Waals surface area contributed by atoms with Crippen molar-refractivity contribution in [3.63, 3.8) is 0 Å². The van der Waals surface area contributed by atoms with Crippen molar-refractivity contribution < 1.29 is 4.74 Å². The quantitative estimate of drug-likeness (QED) is 0.768. The number of nitrogens with two attached hydrogens (primary N) is 1. The maximum atomic E-state index is 6.11. The van der Waals surface area contributed by atoms with Gasteiger partial charge in [-0.25, -0.2) is 0 Å². The molecule has 0 amide bonds. The van der Waals surface area contributed by atoms with Crippen LogP contribution < -0.4 is 10.5 Å². The molecule has 19 heavy (non-hydrogen) atoms. The Labute approximate surface area is 116 Å². The summed E-state index contributed by atoms with van der Waals surface area (Å²) in [5.74, 6) is 0.957. The topological polar surface area (TPSA) is 38.5 Å². The fraction of sp³-hybridized carbons (Fsp3) is 0.625. The van der Waals surface area contributed by atoms with Crippen LogP contribution in [0.2, 0.25) is 0 Å². The van der Waals surface area contributed by atoms with Gasteiger partial charge in [-0.3, -0.25) is 0 Å². The van der Waals surface area contributed by atoms with Crippen LogP contribution in [0.1, 0.15) is 44.2 Å². The van der Waals surface area contributed by atoms with Crippen molar-refractivity contribution in [1.82, 2.24) is 4.90 Å². The number of hydrogen-bond donors (Lipinski definition) is 1. The van der Waals surface area contributed by atoms with Gasteiger partial charge in [0.2, 0.25) is 0 Å². The number of ether oxygens (including phenoxy) is 1. The molecule has 1 aromatic rings. The van der Waals surface area contributed by atoms with Gasteiger partial charge < -0.3 is 15.4 Å². The van der Waals surface area contributed by atoms with Crippen molar-refractivity contribution in [2.45, 2.75) is 38.6 Å². The standard InChI is InChI=1S/C16H26N2O/c1-2-15(17)14-8-3-4-9-16(14)19-13-7-12-18-10-5-6-11-18/h3-4,8-9,15H,2,5-7,10-13,17H2,1H3/t15-/m0/s1. The van der Waals surface area contributed by atoms with Crippen molar-refractivity contribution in [3.05, 3.63) is 29.8 Å². The van der Waals surface area contributed by atoms with E-state index in [2.05, 4.69) is 17.9 Å². The van der Waals surface area contributed by atoms with Gasteiger partial charge in [0.25, 0.3) is 0 Å². The lowest BCUT2D eigenvalue weighted by atomic mass is 10.0. The highest BCUT2D eigenvalue weighted by Gasteiger charge is 2.12. The summed E-state index contributed by atoms with van der Waals surface area (Å²) in [6.07, 6.45) is 4.74. The van der Waals surface area contributed by atoms with E-state index in [1.54, 1.807) is 0 Å². The van der Waals surface area contributed by atoms with Gasteiger partial charge in [-0.15, -0.1) is 0 Å². The summed E-state index contributed by atoms with van der Waals surface area (Å²) >= 11 is 0. The first kappa shape index (κ1) is 14.4. The summed E-state index contributed by atoms with van der Waals surface area (Å²) in [4.78, 5) is 2.52. The molecule has 0 saturated carbocycles. The predicted octanol–water partition coefficient (Wildman–Crippen LogP) is 2.96. The number of likely N-dealkylation sites (tertiary alicyclic amines) is 1. The summed E-state index contributed by atoms with van der Waals surface area (Å²) in [5, 5.41) is 0. The SMILES string of the molecule is CC[C@H](N)c1ccccc1OCCCN1CCCC1. The highest BCUT2D eigenvalue weighted by atomic mass is 16.5. The number of nitrogens with zero attached hydrogens (tertiary/aromatic N) is 1. The molecule has 1 aliphatic rings. The molecule has 1 aromatic carbocycles. The fourth-order valence-corrected chi connectivity index (χ4v) is 2.61. The molecule has 1 aliphatic heterocycles. The van der Waals surface area contributed by atoms with Crippen LogP contribution in [-0.4, -0.2) is 31.1 Å². The molecule has 0 aliphatic carbocycles. The van der Waals surface area contributed by atoms with E-state index in [0.29, 0.717) is 0 Å². The van der Waals surface area contributed by atoms with Crippen LogP contribution in [0.25, 0.3) is 0 Å². The zero-order valence-electron chi connectivity index (χ0n) is 12.0. The molecule has 0 radical (unpaired) electrons. The third kappa shape index (κ3) is 4.22. The second-order valence-corrected chi connectivity index (χ2v) is 5.30. The molecule has 3 nitrogen and oxygen atoms in total. The average Bonchev–Trinajstić information content (AvgIpc) is 2.96. The van der Waals surface area contributed by atoms with Gasteiger partial charge in [0.1, 0.15) is 5.75 Å². The number of rotatable bonds is 7. The van der Waals surface area contributed by atoms with Crippen LogP contribution in [0.4, 0.5) is 0 Å². The Morgan fingerprint density at radius 2 is 2.00 bits per heavy atom. The average molecular weight is 262 g/mol. The Morgan fingerprint density at radius 3 is 2.74 bits per heavy atom. The Hall–Kier alpha value is -1.06. The Kier molecular flexibility index (Phi) is 5.67. The Balaban J connectivity index is 1.78. The maximum Gasteiger partial charge on any atom is 0.124 e. The van der Waals surface area contributed by atoms with Gasteiger partial charge in [0, 0.05) is 18.2 Å². The summed E-state index contributed by atoms with van der Waals surface area (Å²) in [5.41, 5.74) is 7.24. The Morgan fingerprint density at radius 1 is 1.26 bits per heavy atom. The van der Waals surface area contributed by atoms with E-state index in [0.717, 1.165) is 37.3 Å². The molecule has 2 rings (SSSR count). The van der Waals surface area contributed by atoms with Gasteiger partial charge in [-0.2, -0.15) is 0 Å². The first-order valence-corrected chi connectivity index (χ1v) is 7.51. The number of hydrogen-bond acceptors (Lipinski definition) is 3. The third-order valence-corrected chi connectivity index (χ3v) is 3.83. The zero-order chi connectivity index (χ0) is 13.5. The van der Waals surface area contributed by atoms with Crippen molar-refractivity contribution in [2.24, 2.45) is 5.73 Å². The second-order valence-electron chi connectivity index (χ2n) is 5.30. The van der Waals surface area contributed by atoms with E-state index < -0.39 is 0 Å². The lowest BCUT2D eigenvalue weighted by Gasteiger charge is -2.17. The Bertz CT molecular complexity index is 375. The molecule has 1 saturated heterocycles. The molecule has 0 bridgehead atoms. The van der Waals surface area contributed by atoms with Gasteiger partial charge in [-0.05, 0) is 44.8 Å². The monoisotopic (exact) mass is 262 g/mol. The fourth-order valence-electron chi connectivity index (χ4n) is 2.61. The van der Waals surface area contributed by atoms with E-state index in [4.69, 9.17) is 10.5 Å². The van der Waals surface area contributed by atoms with Crippen LogP contribution in [0, 0.1) is 0 Å². The molecule has 1 atom stereocenters. The van der Waals surface area contributed by atoms with Crippen molar-refractivity contribution in [1.29, 1.82) is 0 Å². The summed E-state index contributed by atoms with van der Waals surface area (Å²) in [7, 11) is 0.